The van der Waals surface area contributed by atoms with Crippen LogP contribution in [0.1, 0.15) is 11.1 Å². The van der Waals surface area contributed by atoms with Crippen LogP contribution in [0.5, 0.6) is 5.75 Å². The predicted molar refractivity (Wildman–Crippen MR) is 86.7 cm³/mol. The van der Waals surface area contributed by atoms with E-state index < -0.39 is 0 Å². The second kappa shape index (κ2) is 6.77. The van der Waals surface area contributed by atoms with Crippen LogP contribution >= 0.6 is 15.9 Å². The van der Waals surface area contributed by atoms with Crippen molar-refractivity contribution < 1.29 is 4.74 Å². The third-order valence-electron chi connectivity index (χ3n) is 3.18. The molecule has 0 bridgehead atoms. The van der Waals surface area contributed by atoms with Gasteiger partial charge in [0.25, 0.3) is 0 Å². The van der Waals surface area contributed by atoms with Gasteiger partial charge in [0.1, 0.15) is 5.75 Å². The third-order valence-corrected chi connectivity index (χ3v) is 3.67. The summed E-state index contributed by atoms with van der Waals surface area (Å²) in [5, 5.41) is 0. The smallest absolute Gasteiger partial charge is 0.123 e. The number of halogens is 1. The summed E-state index contributed by atoms with van der Waals surface area (Å²) in [6.07, 6.45) is 0. The van der Waals surface area contributed by atoms with Crippen LogP contribution in [0.25, 0.3) is 0 Å². The summed E-state index contributed by atoms with van der Waals surface area (Å²) in [6.45, 7) is 1.62. The lowest BCUT2D eigenvalue weighted by Gasteiger charge is -2.19. The van der Waals surface area contributed by atoms with Crippen LogP contribution in [0.15, 0.2) is 46.9 Å². The first-order chi connectivity index (χ1) is 9.60. The zero-order valence-corrected chi connectivity index (χ0v) is 13.4. The molecule has 2 rings (SSSR count). The molecule has 0 saturated heterocycles. The van der Waals surface area contributed by atoms with Crippen molar-refractivity contribution in [2.24, 2.45) is 0 Å². The Morgan fingerprint density at radius 3 is 2.50 bits per heavy atom. The van der Waals surface area contributed by atoms with Crippen molar-refractivity contribution in [1.29, 1.82) is 0 Å². The van der Waals surface area contributed by atoms with Gasteiger partial charge in [-0.2, -0.15) is 0 Å². The second-order valence-electron chi connectivity index (χ2n) is 4.83. The number of nitrogens with zero attached hydrogens (tertiary/aromatic N) is 1. The maximum Gasteiger partial charge on any atom is 0.123 e. The minimum Gasteiger partial charge on any atom is -0.496 e. The van der Waals surface area contributed by atoms with Gasteiger partial charge in [0.2, 0.25) is 0 Å². The van der Waals surface area contributed by atoms with E-state index in [-0.39, 0.29) is 0 Å². The summed E-state index contributed by atoms with van der Waals surface area (Å²) in [5.74, 6) is 0.920. The average molecular weight is 335 g/mol. The van der Waals surface area contributed by atoms with Crippen LogP contribution in [-0.2, 0) is 13.1 Å². The van der Waals surface area contributed by atoms with E-state index in [1.165, 1.54) is 5.56 Å². The van der Waals surface area contributed by atoms with Gasteiger partial charge in [-0.25, -0.2) is 0 Å². The van der Waals surface area contributed by atoms with Crippen LogP contribution in [0.3, 0.4) is 0 Å². The number of ether oxygens (including phenoxy) is 1. The number of para-hydroxylation sites is 1. The Balaban J connectivity index is 2.07. The van der Waals surface area contributed by atoms with Crippen molar-refractivity contribution in [1.82, 2.24) is 4.90 Å². The monoisotopic (exact) mass is 334 g/mol. The van der Waals surface area contributed by atoms with E-state index in [0.29, 0.717) is 0 Å². The van der Waals surface area contributed by atoms with Crippen LogP contribution in [-0.4, -0.2) is 19.1 Å². The molecular weight excluding hydrogens is 316 g/mol. The molecule has 2 N–H and O–H groups in total. The molecule has 0 aliphatic carbocycles. The normalized spacial score (nSPS) is 10.8. The number of rotatable bonds is 5. The van der Waals surface area contributed by atoms with Crippen LogP contribution in [0.2, 0.25) is 0 Å². The maximum absolute atomic E-state index is 6.04. The van der Waals surface area contributed by atoms with Crippen LogP contribution in [0.4, 0.5) is 5.69 Å². The highest BCUT2D eigenvalue weighted by atomic mass is 79.9. The molecule has 0 atom stereocenters. The van der Waals surface area contributed by atoms with Crippen molar-refractivity contribution in [3.8, 4) is 5.75 Å². The van der Waals surface area contributed by atoms with Gasteiger partial charge in [0.05, 0.1) is 7.11 Å². The van der Waals surface area contributed by atoms with Gasteiger partial charge in [-0.3, -0.25) is 4.90 Å². The third kappa shape index (κ3) is 3.74. The van der Waals surface area contributed by atoms with E-state index >= 15 is 0 Å². The number of nitrogen functional groups attached to an aromatic ring is 1. The number of methoxy groups -OCH3 is 1. The first kappa shape index (κ1) is 14.9. The number of hydrogen-bond acceptors (Lipinski definition) is 3. The molecule has 0 spiro atoms. The summed E-state index contributed by atoms with van der Waals surface area (Å²) in [4.78, 5) is 2.22. The average Bonchev–Trinajstić information content (AvgIpc) is 2.42. The van der Waals surface area contributed by atoms with Crippen molar-refractivity contribution >= 4 is 21.6 Å². The number of anilines is 1. The van der Waals surface area contributed by atoms with Gasteiger partial charge >= 0.3 is 0 Å². The summed E-state index contributed by atoms with van der Waals surface area (Å²) in [5.41, 5.74) is 9.15. The molecule has 106 valence electrons. The van der Waals surface area contributed by atoms with E-state index in [1.54, 1.807) is 7.11 Å². The van der Waals surface area contributed by atoms with Gasteiger partial charge in [-0.05, 0) is 30.8 Å². The molecule has 0 aromatic heterocycles. The zero-order valence-electron chi connectivity index (χ0n) is 11.8. The Labute approximate surface area is 128 Å². The number of nitrogens with two attached hydrogens (primary N) is 1. The molecule has 2 aromatic carbocycles. The highest BCUT2D eigenvalue weighted by molar-refractivity contribution is 9.10. The molecule has 0 fully saturated rings. The molecule has 4 heteroatoms. The highest BCUT2D eigenvalue weighted by Crippen LogP contribution is 2.22. The van der Waals surface area contributed by atoms with Gasteiger partial charge in [-0.15, -0.1) is 0 Å². The molecule has 3 nitrogen and oxygen atoms in total. The van der Waals surface area contributed by atoms with Crippen molar-refractivity contribution in [3.63, 3.8) is 0 Å². The minimum absolute atomic E-state index is 0.803. The summed E-state index contributed by atoms with van der Waals surface area (Å²) in [6, 6.07) is 14.1. The Morgan fingerprint density at radius 1 is 1.10 bits per heavy atom. The largest absolute Gasteiger partial charge is 0.496 e. The molecule has 0 unspecified atom stereocenters. The fourth-order valence-corrected chi connectivity index (χ4v) is 2.56. The quantitative estimate of drug-likeness (QED) is 0.848. The molecule has 0 aliphatic heterocycles. The van der Waals surface area contributed by atoms with Crippen molar-refractivity contribution in [3.05, 3.63) is 58.1 Å². The van der Waals surface area contributed by atoms with E-state index in [2.05, 4.69) is 40.0 Å². The summed E-state index contributed by atoms with van der Waals surface area (Å²) < 4.78 is 6.38. The molecule has 2 aromatic rings. The minimum atomic E-state index is 0.803. The van der Waals surface area contributed by atoms with Crippen LogP contribution < -0.4 is 10.5 Å². The molecule has 0 saturated carbocycles. The zero-order chi connectivity index (χ0) is 14.5. The first-order valence-electron chi connectivity index (χ1n) is 6.44. The van der Waals surface area contributed by atoms with Gasteiger partial charge < -0.3 is 10.5 Å². The molecule has 0 amide bonds. The first-order valence-corrected chi connectivity index (χ1v) is 7.24. The Kier molecular flexibility index (Phi) is 5.04. The molecule has 0 radical (unpaired) electrons. The Morgan fingerprint density at radius 2 is 1.80 bits per heavy atom. The second-order valence-corrected chi connectivity index (χ2v) is 5.74. The fraction of sp³-hybridized carbons (Fsp3) is 0.250. The summed E-state index contributed by atoms with van der Waals surface area (Å²) >= 11 is 3.43. The van der Waals surface area contributed by atoms with E-state index in [4.69, 9.17) is 10.5 Å². The SMILES string of the molecule is COc1ccccc1CN(C)Cc1ccc(Br)cc1N. The van der Waals surface area contributed by atoms with E-state index in [9.17, 15) is 0 Å². The molecule has 0 aliphatic rings. The molecule has 0 heterocycles. The highest BCUT2D eigenvalue weighted by Gasteiger charge is 2.08. The predicted octanol–water partition coefficient (Wildman–Crippen LogP) is 3.67. The topological polar surface area (TPSA) is 38.5 Å². The van der Waals surface area contributed by atoms with Gasteiger partial charge in [0.15, 0.2) is 0 Å². The lowest BCUT2D eigenvalue weighted by molar-refractivity contribution is 0.310. The standard InChI is InChI=1S/C16H19BrN2O/c1-19(10-12-7-8-14(17)9-15(12)18)11-13-5-3-4-6-16(13)20-2/h3-9H,10-11,18H2,1-2H3. The number of benzene rings is 2. The van der Waals surface area contributed by atoms with E-state index in [0.717, 1.165) is 34.6 Å². The Hall–Kier alpha value is -1.52. The van der Waals surface area contributed by atoms with E-state index in [1.807, 2.05) is 30.3 Å². The fourth-order valence-electron chi connectivity index (χ4n) is 2.18. The summed E-state index contributed by atoms with van der Waals surface area (Å²) in [7, 11) is 3.78. The Bertz CT molecular complexity index is 586. The number of hydrogen-bond donors (Lipinski definition) is 1. The molecular formula is C16H19BrN2O. The van der Waals surface area contributed by atoms with Crippen molar-refractivity contribution in [2.45, 2.75) is 13.1 Å². The molecule has 20 heavy (non-hydrogen) atoms. The maximum atomic E-state index is 6.04. The lowest BCUT2D eigenvalue weighted by atomic mass is 10.1. The van der Waals surface area contributed by atoms with Gasteiger partial charge in [-0.1, -0.05) is 40.2 Å². The van der Waals surface area contributed by atoms with Crippen molar-refractivity contribution in [2.75, 3.05) is 19.9 Å². The van der Waals surface area contributed by atoms with Crippen LogP contribution in [0, 0.1) is 0 Å². The lowest BCUT2D eigenvalue weighted by Crippen LogP contribution is -2.18. The van der Waals surface area contributed by atoms with Gasteiger partial charge in [0, 0.05) is 28.8 Å².